The van der Waals surface area contributed by atoms with E-state index in [2.05, 4.69) is 47.5 Å². The molecule has 25 heteroatoms. The second kappa shape index (κ2) is 29.6. The van der Waals surface area contributed by atoms with Crippen LogP contribution in [0.25, 0.3) is 0 Å². The summed E-state index contributed by atoms with van der Waals surface area (Å²) in [6, 6.07) is -9.82. The highest BCUT2D eigenvalue weighted by molar-refractivity contribution is 5.98. The van der Waals surface area contributed by atoms with Gasteiger partial charge >= 0.3 is 5.97 Å². The lowest BCUT2D eigenvalue weighted by atomic mass is 10.0. The maximum Gasteiger partial charge on any atom is 0.326 e. The van der Waals surface area contributed by atoms with Gasteiger partial charge in [-0.1, -0.05) is 41.5 Å². The first kappa shape index (κ1) is 59.9. The van der Waals surface area contributed by atoms with Crippen LogP contribution < -0.4 is 59.7 Å². The van der Waals surface area contributed by atoms with Crippen LogP contribution in [0.5, 0.6) is 0 Å². The van der Waals surface area contributed by atoms with Crippen LogP contribution in [0.15, 0.2) is 4.99 Å². The molecule has 1 rings (SSSR count). The lowest BCUT2D eigenvalue weighted by molar-refractivity contribution is -0.142. The molecule has 1 heterocycles. The van der Waals surface area contributed by atoms with E-state index in [9.17, 15) is 58.2 Å². The van der Waals surface area contributed by atoms with E-state index in [-0.39, 0.29) is 68.9 Å². The average Bonchev–Trinajstić information content (AvgIpc) is 3.74. The number of guanidine groups is 1. The van der Waals surface area contributed by atoms with Gasteiger partial charge < -0.3 is 74.8 Å². The highest BCUT2D eigenvalue weighted by Crippen LogP contribution is 2.18. The largest absolute Gasteiger partial charge is 0.480 e. The van der Waals surface area contributed by atoms with Crippen LogP contribution >= 0.6 is 0 Å². The summed E-state index contributed by atoms with van der Waals surface area (Å²) >= 11 is 0. The molecule has 0 spiro atoms. The molecule has 0 aromatic carbocycles. The standard InChI is InChI=1S/C43H77N13O12/c1-21(2)16-28(37(62)48-20-32(58)51-29(17-22(3)4)39(64)54-30(42(67)68)18-23(5)6)53-36(61)25(8)49-35(60)24(7)50-41(66)34(26(9)57)55-38(63)27(12-10-14-47-43(45)46)52-40(65)31-13-11-15-56(31)33(59)19-44/h21-31,34,57H,10-20,44H2,1-9H3,(H,48,62)(H,49,60)(H,50,66)(H,51,58)(H,52,65)(H,53,61)(H,54,64)(H,55,63)(H,67,68)(H4,45,46,47)/t24-,25-,26+,27-,28-,29-,30-,31-,34-/m0/s1. The number of likely N-dealkylation sites (tertiary alicyclic amines) is 1. The molecule has 0 aromatic rings. The normalized spacial score (nSPS) is 17.0. The number of nitrogens with zero attached hydrogens (tertiary/aromatic N) is 2. The Morgan fingerprint density at radius 3 is 1.65 bits per heavy atom. The number of hydrogen-bond donors (Lipinski definition) is 13. The number of aliphatic hydroxyl groups excluding tert-OH is 1. The van der Waals surface area contributed by atoms with Crippen molar-refractivity contribution < 1.29 is 58.2 Å². The Morgan fingerprint density at radius 2 is 1.13 bits per heavy atom. The number of aliphatic carboxylic acids is 1. The van der Waals surface area contributed by atoms with Gasteiger partial charge in [-0.3, -0.25) is 48.1 Å². The van der Waals surface area contributed by atoms with Crippen LogP contribution in [0.4, 0.5) is 0 Å². The molecule has 9 amide bonds. The van der Waals surface area contributed by atoms with Gasteiger partial charge in [0.15, 0.2) is 5.96 Å². The molecule has 1 saturated heterocycles. The molecular formula is C43H77N13O12. The Morgan fingerprint density at radius 1 is 0.632 bits per heavy atom. The maximum atomic E-state index is 13.6. The second-order valence-corrected chi connectivity index (χ2v) is 18.3. The van der Waals surface area contributed by atoms with Crippen molar-refractivity contribution in [3.8, 4) is 0 Å². The molecule has 0 bridgehead atoms. The highest BCUT2D eigenvalue weighted by Gasteiger charge is 2.37. The summed E-state index contributed by atoms with van der Waals surface area (Å²) in [5, 5.41) is 40.0. The van der Waals surface area contributed by atoms with Crippen molar-refractivity contribution in [3.05, 3.63) is 0 Å². The Balaban J connectivity index is 2.99. The van der Waals surface area contributed by atoms with Crippen LogP contribution in [0.3, 0.4) is 0 Å². The number of hydrogen-bond acceptors (Lipinski definition) is 13. The predicted octanol–water partition coefficient (Wildman–Crippen LogP) is -3.86. The first-order chi connectivity index (χ1) is 31.7. The number of nitrogens with two attached hydrogens (primary N) is 3. The average molecular weight is 968 g/mol. The van der Waals surface area contributed by atoms with E-state index in [1.54, 1.807) is 13.8 Å². The van der Waals surface area contributed by atoms with E-state index in [1.165, 1.54) is 25.7 Å². The van der Waals surface area contributed by atoms with Crippen LogP contribution in [0.2, 0.25) is 0 Å². The fraction of sp³-hybridized carbons (Fsp3) is 0.744. The van der Waals surface area contributed by atoms with E-state index in [0.717, 1.165) is 0 Å². The summed E-state index contributed by atoms with van der Waals surface area (Å²) in [6.45, 7) is 14.2. The van der Waals surface area contributed by atoms with Crippen molar-refractivity contribution in [2.24, 2.45) is 39.9 Å². The van der Waals surface area contributed by atoms with E-state index >= 15 is 0 Å². The Kier molecular flexibility index (Phi) is 26.1. The van der Waals surface area contributed by atoms with Crippen LogP contribution in [0, 0.1) is 17.8 Å². The Hall–Kier alpha value is -6.11. The molecule has 25 nitrogen and oxygen atoms in total. The summed E-state index contributed by atoms with van der Waals surface area (Å²) in [4.78, 5) is 135. The molecule has 0 aliphatic carbocycles. The smallest absolute Gasteiger partial charge is 0.326 e. The van der Waals surface area contributed by atoms with Gasteiger partial charge in [0.25, 0.3) is 0 Å². The maximum absolute atomic E-state index is 13.6. The van der Waals surface area contributed by atoms with Gasteiger partial charge in [0.05, 0.1) is 19.2 Å². The minimum absolute atomic E-state index is 0.0105. The number of nitrogens with one attached hydrogen (secondary N) is 8. The van der Waals surface area contributed by atoms with Gasteiger partial charge in [-0.25, -0.2) is 4.79 Å². The van der Waals surface area contributed by atoms with Crippen LogP contribution in [-0.2, 0) is 47.9 Å². The van der Waals surface area contributed by atoms with Gasteiger partial charge in [-0.2, -0.15) is 0 Å². The summed E-state index contributed by atoms with van der Waals surface area (Å²) in [7, 11) is 0. The van der Waals surface area contributed by atoms with E-state index in [1.807, 2.05) is 27.7 Å². The monoisotopic (exact) mass is 968 g/mol. The third kappa shape index (κ3) is 21.7. The zero-order valence-corrected chi connectivity index (χ0v) is 40.8. The van der Waals surface area contributed by atoms with Gasteiger partial charge in [0.1, 0.15) is 48.3 Å². The minimum Gasteiger partial charge on any atom is -0.480 e. The molecule has 0 radical (unpaired) electrons. The summed E-state index contributed by atoms with van der Waals surface area (Å²) in [5.41, 5.74) is 16.3. The number of aliphatic imine (C=N–C) groups is 1. The van der Waals surface area contributed by atoms with Crippen molar-refractivity contribution >= 4 is 65.1 Å². The molecule has 1 fully saturated rings. The lowest BCUT2D eigenvalue weighted by Gasteiger charge is -2.28. The molecule has 0 unspecified atom stereocenters. The summed E-state index contributed by atoms with van der Waals surface area (Å²) in [5.74, 6) is -8.37. The van der Waals surface area contributed by atoms with Crippen molar-refractivity contribution in [1.29, 1.82) is 0 Å². The number of carboxylic acids is 1. The van der Waals surface area contributed by atoms with Crippen LogP contribution in [0.1, 0.15) is 107 Å². The second-order valence-electron chi connectivity index (χ2n) is 18.3. The first-order valence-corrected chi connectivity index (χ1v) is 23.0. The highest BCUT2D eigenvalue weighted by atomic mass is 16.4. The quantitative estimate of drug-likeness (QED) is 0.0194. The number of rotatable bonds is 29. The van der Waals surface area contributed by atoms with Gasteiger partial charge in [0, 0.05) is 13.1 Å². The van der Waals surface area contributed by atoms with E-state index in [4.69, 9.17) is 17.2 Å². The number of aliphatic hydroxyl groups is 1. The Labute approximate surface area is 397 Å². The molecule has 16 N–H and O–H groups in total. The molecular weight excluding hydrogens is 891 g/mol. The number of amides is 9. The zero-order chi connectivity index (χ0) is 52.0. The fourth-order valence-electron chi connectivity index (χ4n) is 7.13. The Bertz CT molecular complexity index is 1790. The SMILES string of the molecule is CC(C)C[C@H](NC(=O)[C@H](CC(C)C)NC(=O)CNC(=O)[C@H](CC(C)C)NC(=O)[C@H](C)NC(=O)[C@H](C)NC(=O)[C@@H](NC(=O)[C@H](CCCN=C(N)N)NC(=O)[C@@H]1CCCN1C(=O)CN)[C@@H](C)O)C(=O)O. The van der Waals surface area contributed by atoms with Crippen molar-refractivity contribution in [2.75, 3.05) is 26.2 Å². The van der Waals surface area contributed by atoms with Crippen LogP contribution in [-0.4, -0.2) is 161 Å². The zero-order valence-electron chi connectivity index (χ0n) is 40.8. The molecule has 1 aliphatic rings. The molecule has 0 saturated carbocycles. The van der Waals surface area contributed by atoms with Crippen molar-refractivity contribution in [3.63, 3.8) is 0 Å². The summed E-state index contributed by atoms with van der Waals surface area (Å²) in [6.07, 6.45) is 0.0282. The molecule has 386 valence electrons. The fourth-order valence-corrected chi connectivity index (χ4v) is 7.13. The molecule has 68 heavy (non-hydrogen) atoms. The van der Waals surface area contributed by atoms with Gasteiger partial charge in [-0.05, 0) is 83.5 Å². The number of carboxylic acid groups (broad SMARTS) is 1. The van der Waals surface area contributed by atoms with Crippen molar-refractivity contribution in [2.45, 2.75) is 162 Å². The minimum atomic E-state index is -1.63. The van der Waals surface area contributed by atoms with Crippen molar-refractivity contribution in [1.82, 2.24) is 47.4 Å². The molecule has 0 aromatic heterocycles. The van der Waals surface area contributed by atoms with Gasteiger partial charge in [-0.15, -0.1) is 0 Å². The lowest BCUT2D eigenvalue weighted by Crippen LogP contribution is -2.61. The number of carbonyl (C=O) groups is 10. The summed E-state index contributed by atoms with van der Waals surface area (Å²) < 4.78 is 0. The first-order valence-electron chi connectivity index (χ1n) is 23.0. The third-order valence-corrected chi connectivity index (χ3v) is 10.6. The molecule has 9 atom stereocenters. The number of carbonyl (C=O) groups excluding carboxylic acids is 9. The van der Waals surface area contributed by atoms with Gasteiger partial charge in [0.2, 0.25) is 53.2 Å². The predicted molar refractivity (Wildman–Crippen MR) is 249 cm³/mol. The van der Waals surface area contributed by atoms with E-state index in [0.29, 0.717) is 19.4 Å². The molecule has 1 aliphatic heterocycles. The van der Waals surface area contributed by atoms with E-state index < -0.39 is 120 Å². The topological polar surface area (TPSA) is 401 Å². The third-order valence-electron chi connectivity index (χ3n) is 10.6.